The van der Waals surface area contributed by atoms with Crippen molar-refractivity contribution in [2.75, 3.05) is 45.4 Å². The molecule has 0 saturated heterocycles. The number of hydrogen-bond acceptors (Lipinski definition) is 6. The maximum Gasteiger partial charge on any atom is 0.218 e. The van der Waals surface area contributed by atoms with Crippen molar-refractivity contribution in [2.24, 2.45) is 0 Å². The highest BCUT2D eigenvalue weighted by Crippen LogP contribution is 2.10. The second-order valence-electron chi connectivity index (χ2n) is 3.98. The number of nitrogens with zero attached hydrogens (tertiary/aromatic N) is 2. The average molecular weight is 269 g/mol. The van der Waals surface area contributed by atoms with Gasteiger partial charge in [-0.25, -0.2) is 9.97 Å². The Kier molecular flexibility index (Phi) is 8.67. The van der Waals surface area contributed by atoms with Gasteiger partial charge in [-0.05, 0) is 12.8 Å². The molecule has 0 saturated carbocycles. The van der Waals surface area contributed by atoms with Crippen LogP contribution < -0.4 is 10.1 Å². The summed E-state index contributed by atoms with van der Waals surface area (Å²) in [5, 5.41) is 3.18. The van der Waals surface area contributed by atoms with Crippen LogP contribution in [0.15, 0.2) is 12.4 Å². The van der Waals surface area contributed by atoms with Crippen LogP contribution in [0, 0.1) is 0 Å². The van der Waals surface area contributed by atoms with Gasteiger partial charge in [-0.1, -0.05) is 6.92 Å². The van der Waals surface area contributed by atoms with Crippen LogP contribution in [0.25, 0.3) is 0 Å². The molecule has 0 amide bonds. The summed E-state index contributed by atoms with van der Waals surface area (Å²) >= 11 is 0. The molecule has 19 heavy (non-hydrogen) atoms. The van der Waals surface area contributed by atoms with Crippen LogP contribution in [0.4, 0.5) is 5.82 Å². The lowest BCUT2D eigenvalue weighted by Crippen LogP contribution is -2.10. The SMILES string of the molecule is CCCNc1cc(OCCOCCCOC)ncn1. The first-order chi connectivity index (χ1) is 9.36. The van der Waals surface area contributed by atoms with E-state index in [1.54, 1.807) is 13.2 Å². The van der Waals surface area contributed by atoms with Gasteiger partial charge < -0.3 is 19.5 Å². The van der Waals surface area contributed by atoms with Crippen molar-refractivity contribution in [2.45, 2.75) is 19.8 Å². The molecule has 1 aromatic heterocycles. The molecule has 1 N–H and O–H groups in total. The molecule has 6 heteroatoms. The second-order valence-corrected chi connectivity index (χ2v) is 3.98. The summed E-state index contributed by atoms with van der Waals surface area (Å²) in [6.45, 7) is 5.43. The van der Waals surface area contributed by atoms with Gasteiger partial charge in [0.05, 0.1) is 6.61 Å². The molecular formula is C13H23N3O3. The van der Waals surface area contributed by atoms with E-state index in [1.165, 1.54) is 6.33 Å². The lowest BCUT2D eigenvalue weighted by atomic mass is 10.4. The van der Waals surface area contributed by atoms with Crippen molar-refractivity contribution >= 4 is 5.82 Å². The molecular weight excluding hydrogens is 246 g/mol. The van der Waals surface area contributed by atoms with Crippen molar-refractivity contribution in [3.63, 3.8) is 0 Å². The first kappa shape index (κ1) is 15.7. The summed E-state index contributed by atoms with van der Waals surface area (Å²) in [5.74, 6) is 1.35. The third-order valence-corrected chi connectivity index (χ3v) is 2.31. The lowest BCUT2D eigenvalue weighted by molar-refractivity contribution is 0.0795. The highest BCUT2D eigenvalue weighted by Gasteiger charge is 1.99. The molecule has 0 aliphatic rings. The highest BCUT2D eigenvalue weighted by molar-refractivity contribution is 5.36. The second kappa shape index (κ2) is 10.5. The van der Waals surface area contributed by atoms with Gasteiger partial charge in [0.1, 0.15) is 18.8 Å². The smallest absolute Gasteiger partial charge is 0.218 e. The van der Waals surface area contributed by atoms with E-state index in [0.717, 1.165) is 31.8 Å². The Labute approximate surface area is 114 Å². The maximum absolute atomic E-state index is 5.49. The summed E-state index contributed by atoms with van der Waals surface area (Å²) in [4.78, 5) is 8.15. The Balaban J connectivity index is 2.14. The van der Waals surface area contributed by atoms with Gasteiger partial charge in [-0.2, -0.15) is 0 Å². The Morgan fingerprint density at radius 2 is 2.05 bits per heavy atom. The molecule has 0 atom stereocenters. The van der Waals surface area contributed by atoms with E-state index in [1.807, 2.05) is 0 Å². The Hall–Kier alpha value is -1.40. The van der Waals surface area contributed by atoms with Crippen molar-refractivity contribution in [3.05, 3.63) is 12.4 Å². The van der Waals surface area contributed by atoms with E-state index in [-0.39, 0.29) is 0 Å². The number of ether oxygens (including phenoxy) is 3. The third-order valence-electron chi connectivity index (χ3n) is 2.31. The minimum absolute atomic E-state index is 0.483. The van der Waals surface area contributed by atoms with Crippen molar-refractivity contribution in [1.29, 1.82) is 0 Å². The molecule has 0 aliphatic carbocycles. The van der Waals surface area contributed by atoms with Crippen LogP contribution in [0.2, 0.25) is 0 Å². The molecule has 108 valence electrons. The zero-order valence-electron chi connectivity index (χ0n) is 11.7. The van der Waals surface area contributed by atoms with Gasteiger partial charge in [-0.15, -0.1) is 0 Å². The molecule has 0 spiro atoms. The van der Waals surface area contributed by atoms with E-state index >= 15 is 0 Å². The zero-order valence-corrected chi connectivity index (χ0v) is 11.7. The van der Waals surface area contributed by atoms with Gasteiger partial charge in [0, 0.05) is 32.9 Å². The largest absolute Gasteiger partial charge is 0.475 e. The Morgan fingerprint density at radius 3 is 2.84 bits per heavy atom. The van der Waals surface area contributed by atoms with Crippen LogP contribution in [0.5, 0.6) is 5.88 Å². The first-order valence-electron chi connectivity index (χ1n) is 6.62. The van der Waals surface area contributed by atoms with Crippen LogP contribution in [0.3, 0.4) is 0 Å². The zero-order chi connectivity index (χ0) is 13.8. The number of methoxy groups -OCH3 is 1. The minimum atomic E-state index is 0.483. The number of nitrogens with one attached hydrogen (secondary N) is 1. The number of hydrogen-bond donors (Lipinski definition) is 1. The van der Waals surface area contributed by atoms with Gasteiger partial charge in [0.2, 0.25) is 5.88 Å². The molecule has 0 aromatic carbocycles. The molecule has 0 bridgehead atoms. The van der Waals surface area contributed by atoms with Crippen LogP contribution in [0.1, 0.15) is 19.8 Å². The molecule has 0 fully saturated rings. The van der Waals surface area contributed by atoms with Crippen molar-refractivity contribution in [1.82, 2.24) is 9.97 Å². The maximum atomic E-state index is 5.49. The van der Waals surface area contributed by atoms with Crippen LogP contribution in [-0.4, -0.2) is 50.1 Å². The van der Waals surface area contributed by atoms with E-state index in [9.17, 15) is 0 Å². The highest BCUT2D eigenvalue weighted by atomic mass is 16.5. The minimum Gasteiger partial charge on any atom is -0.475 e. The van der Waals surface area contributed by atoms with E-state index < -0.39 is 0 Å². The predicted octanol–water partition coefficient (Wildman–Crippen LogP) is 1.73. The molecule has 1 heterocycles. The fraction of sp³-hybridized carbons (Fsp3) is 0.692. The number of anilines is 1. The average Bonchev–Trinajstić information content (AvgIpc) is 2.44. The summed E-state index contributed by atoms with van der Waals surface area (Å²) in [6.07, 6.45) is 3.44. The third kappa shape index (κ3) is 7.58. The van der Waals surface area contributed by atoms with Gasteiger partial charge in [0.15, 0.2) is 0 Å². The van der Waals surface area contributed by atoms with Crippen LogP contribution >= 0.6 is 0 Å². The quantitative estimate of drug-likeness (QED) is 0.617. The van der Waals surface area contributed by atoms with Gasteiger partial charge in [0.25, 0.3) is 0 Å². The van der Waals surface area contributed by atoms with E-state index in [2.05, 4.69) is 22.2 Å². The Bertz CT molecular complexity index is 337. The van der Waals surface area contributed by atoms with E-state index in [0.29, 0.717) is 25.7 Å². The molecule has 0 unspecified atom stereocenters. The lowest BCUT2D eigenvalue weighted by Gasteiger charge is -2.08. The monoisotopic (exact) mass is 269 g/mol. The molecule has 0 radical (unpaired) electrons. The fourth-order valence-corrected chi connectivity index (χ4v) is 1.38. The summed E-state index contributed by atoms with van der Waals surface area (Å²) < 4.78 is 15.8. The van der Waals surface area contributed by atoms with E-state index in [4.69, 9.17) is 14.2 Å². The predicted molar refractivity (Wildman–Crippen MR) is 73.6 cm³/mol. The van der Waals surface area contributed by atoms with Gasteiger partial charge >= 0.3 is 0 Å². The molecule has 6 nitrogen and oxygen atoms in total. The summed E-state index contributed by atoms with van der Waals surface area (Å²) in [5.41, 5.74) is 0. The Morgan fingerprint density at radius 1 is 1.16 bits per heavy atom. The van der Waals surface area contributed by atoms with Crippen molar-refractivity contribution in [3.8, 4) is 5.88 Å². The summed E-state index contributed by atoms with van der Waals surface area (Å²) in [7, 11) is 1.68. The molecule has 1 rings (SSSR count). The fourth-order valence-electron chi connectivity index (χ4n) is 1.38. The number of rotatable bonds is 11. The first-order valence-corrected chi connectivity index (χ1v) is 6.62. The molecule has 1 aromatic rings. The van der Waals surface area contributed by atoms with Gasteiger partial charge in [-0.3, -0.25) is 0 Å². The number of aromatic nitrogens is 2. The summed E-state index contributed by atoms with van der Waals surface area (Å²) in [6, 6.07) is 1.79. The van der Waals surface area contributed by atoms with Crippen molar-refractivity contribution < 1.29 is 14.2 Å². The standard InChI is InChI=1S/C13H23N3O3/c1-3-5-14-12-10-13(16-11-15-12)19-9-8-18-7-4-6-17-2/h10-11H,3-9H2,1-2H3,(H,14,15,16). The molecule has 0 aliphatic heterocycles. The topological polar surface area (TPSA) is 65.5 Å². The van der Waals surface area contributed by atoms with Crippen LogP contribution in [-0.2, 0) is 9.47 Å². The normalized spacial score (nSPS) is 10.4.